The van der Waals surface area contributed by atoms with Gasteiger partial charge in [0.2, 0.25) is 0 Å². The van der Waals surface area contributed by atoms with E-state index >= 15 is 0 Å². The van der Waals surface area contributed by atoms with Gasteiger partial charge in [0.05, 0.1) is 0 Å². The predicted molar refractivity (Wildman–Crippen MR) is 76.3 cm³/mol. The smallest absolute Gasteiger partial charge is 0.163 e. The van der Waals surface area contributed by atoms with Crippen molar-refractivity contribution in [3.8, 4) is 0 Å². The first-order valence-electron chi connectivity index (χ1n) is 6.86. The van der Waals surface area contributed by atoms with Crippen LogP contribution in [0.5, 0.6) is 0 Å². The molecule has 0 saturated carbocycles. The van der Waals surface area contributed by atoms with Gasteiger partial charge in [0, 0.05) is 24.2 Å². The van der Waals surface area contributed by atoms with Gasteiger partial charge in [-0.15, -0.1) is 0 Å². The molecule has 0 spiro atoms. The summed E-state index contributed by atoms with van der Waals surface area (Å²) >= 11 is 0. The lowest BCUT2D eigenvalue weighted by molar-refractivity contribution is 0.0965. The molecule has 0 aromatic heterocycles. The first-order valence-corrected chi connectivity index (χ1v) is 6.86. The molecule has 18 heavy (non-hydrogen) atoms. The summed E-state index contributed by atoms with van der Waals surface area (Å²) in [6.07, 6.45) is 3.75. The van der Waals surface area contributed by atoms with Crippen LogP contribution in [-0.2, 0) is 6.42 Å². The summed E-state index contributed by atoms with van der Waals surface area (Å²) in [6, 6.07) is 6.05. The lowest BCUT2D eigenvalue weighted by atomic mass is 9.87. The maximum absolute atomic E-state index is 12.3. The highest BCUT2D eigenvalue weighted by atomic mass is 16.1. The van der Waals surface area contributed by atoms with E-state index < -0.39 is 0 Å². The number of Topliss-reactive ketones (excluding diaryl/α,β-unsaturated/α-hetero) is 1. The number of carbonyl (C=O) groups excluding carboxylic acids is 1. The van der Waals surface area contributed by atoms with E-state index in [-0.39, 0.29) is 5.41 Å². The number of fused-ring (bicyclic) bond motifs is 1. The van der Waals surface area contributed by atoms with Crippen molar-refractivity contribution in [2.24, 2.45) is 5.41 Å². The van der Waals surface area contributed by atoms with E-state index in [4.69, 9.17) is 0 Å². The summed E-state index contributed by atoms with van der Waals surface area (Å²) in [7, 11) is 0. The summed E-state index contributed by atoms with van der Waals surface area (Å²) in [4.78, 5) is 12.3. The molecule has 0 bridgehead atoms. The van der Waals surface area contributed by atoms with Crippen LogP contribution in [0.15, 0.2) is 18.2 Å². The van der Waals surface area contributed by atoms with Gasteiger partial charge in [0.25, 0.3) is 0 Å². The number of hydrogen-bond donors (Lipinski definition) is 1. The third-order valence-electron chi connectivity index (χ3n) is 3.50. The fourth-order valence-corrected chi connectivity index (χ4v) is 2.39. The van der Waals surface area contributed by atoms with Crippen molar-refractivity contribution < 1.29 is 4.79 Å². The molecule has 1 heterocycles. The Labute approximate surface area is 110 Å². The van der Waals surface area contributed by atoms with Gasteiger partial charge in [-0.05, 0) is 36.3 Å². The van der Waals surface area contributed by atoms with E-state index in [0.717, 1.165) is 37.1 Å². The Hall–Kier alpha value is -1.31. The Morgan fingerprint density at radius 2 is 2.11 bits per heavy atom. The van der Waals surface area contributed by atoms with Gasteiger partial charge in [-0.25, -0.2) is 0 Å². The minimum Gasteiger partial charge on any atom is -0.385 e. The molecule has 0 saturated heterocycles. The topological polar surface area (TPSA) is 29.1 Å². The van der Waals surface area contributed by atoms with Crippen molar-refractivity contribution in [1.29, 1.82) is 0 Å². The quantitative estimate of drug-likeness (QED) is 0.814. The predicted octanol–water partition coefficient (Wildman–Crippen LogP) is 4.05. The molecule has 1 N–H and O–H groups in total. The van der Waals surface area contributed by atoms with Crippen LogP contribution in [0.3, 0.4) is 0 Å². The number of carbonyl (C=O) groups is 1. The second-order valence-corrected chi connectivity index (χ2v) is 6.35. The van der Waals surface area contributed by atoms with Gasteiger partial charge >= 0.3 is 0 Å². The fourth-order valence-electron chi connectivity index (χ4n) is 2.39. The Morgan fingerprint density at radius 3 is 2.83 bits per heavy atom. The average Bonchev–Trinajstić information content (AvgIpc) is 2.34. The van der Waals surface area contributed by atoms with Crippen LogP contribution >= 0.6 is 0 Å². The number of ketones is 1. The Morgan fingerprint density at radius 1 is 1.33 bits per heavy atom. The van der Waals surface area contributed by atoms with Crippen LogP contribution < -0.4 is 5.32 Å². The van der Waals surface area contributed by atoms with E-state index in [2.05, 4.69) is 32.2 Å². The van der Waals surface area contributed by atoms with Crippen molar-refractivity contribution >= 4 is 11.5 Å². The Bertz CT molecular complexity index is 443. The van der Waals surface area contributed by atoms with Gasteiger partial charge in [0.1, 0.15) is 0 Å². The molecule has 2 heteroatoms. The normalized spacial score (nSPS) is 14.8. The van der Waals surface area contributed by atoms with E-state index in [0.29, 0.717) is 12.2 Å². The molecule has 1 aliphatic heterocycles. The van der Waals surface area contributed by atoms with Crippen LogP contribution in [0.2, 0.25) is 0 Å². The van der Waals surface area contributed by atoms with E-state index in [1.54, 1.807) is 0 Å². The highest BCUT2D eigenvalue weighted by Crippen LogP contribution is 2.28. The molecule has 2 rings (SSSR count). The first kappa shape index (κ1) is 13.1. The summed E-state index contributed by atoms with van der Waals surface area (Å²) in [6.45, 7) is 7.57. The number of rotatable bonds is 3. The zero-order valence-electron chi connectivity index (χ0n) is 11.7. The van der Waals surface area contributed by atoms with Crippen molar-refractivity contribution in [3.05, 3.63) is 29.3 Å². The second kappa shape index (κ2) is 5.13. The molecular weight excluding hydrogens is 222 g/mol. The minimum absolute atomic E-state index is 0.225. The highest BCUT2D eigenvalue weighted by Gasteiger charge is 2.19. The van der Waals surface area contributed by atoms with Gasteiger partial charge in [-0.3, -0.25) is 4.79 Å². The molecule has 1 aromatic rings. The van der Waals surface area contributed by atoms with E-state index in [1.165, 1.54) is 5.56 Å². The van der Waals surface area contributed by atoms with Crippen molar-refractivity contribution in [3.63, 3.8) is 0 Å². The highest BCUT2D eigenvalue weighted by molar-refractivity contribution is 5.99. The molecule has 1 aliphatic rings. The maximum atomic E-state index is 12.3. The number of hydrogen-bond acceptors (Lipinski definition) is 2. The van der Waals surface area contributed by atoms with Crippen LogP contribution in [0.4, 0.5) is 5.69 Å². The zero-order valence-corrected chi connectivity index (χ0v) is 11.7. The monoisotopic (exact) mass is 245 g/mol. The van der Waals surface area contributed by atoms with E-state index in [9.17, 15) is 4.79 Å². The molecule has 0 atom stereocenters. The molecule has 0 aliphatic carbocycles. The standard InChI is InChI=1S/C16H23NO/c1-16(2,3)10-9-15(18)13-6-4-8-14-12(13)7-5-11-17-14/h4,6,8,17H,5,7,9-11H2,1-3H3. The van der Waals surface area contributed by atoms with Gasteiger partial charge < -0.3 is 5.32 Å². The van der Waals surface area contributed by atoms with E-state index in [1.807, 2.05) is 12.1 Å². The summed E-state index contributed by atoms with van der Waals surface area (Å²) in [5, 5.41) is 3.38. The minimum atomic E-state index is 0.225. The lowest BCUT2D eigenvalue weighted by Crippen LogP contribution is -2.16. The first-order chi connectivity index (χ1) is 8.47. The summed E-state index contributed by atoms with van der Waals surface area (Å²) < 4.78 is 0. The molecule has 1 aromatic carbocycles. The van der Waals surface area contributed by atoms with Crippen LogP contribution in [0, 0.1) is 5.41 Å². The molecular formula is C16H23NO. The summed E-state index contributed by atoms with van der Waals surface area (Å²) in [5.74, 6) is 0.297. The number of nitrogens with one attached hydrogen (secondary N) is 1. The second-order valence-electron chi connectivity index (χ2n) is 6.35. The third kappa shape index (κ3) is 3.12. The van der Waals surface area contributed by atoms with Crippen LogP contribution in [0.25, 0.3) is 0 Å². The molecule has 0 radical (unpaired) electrons. The van der Waals surface area contributed by atoms with Gasteiger partial charge in [-0.2, -0.15) is 0 Å². The SMILES string of the molecule is CC(C)(C)CCC(=O)c1cccc2c1CCCN2. The van der Waals surface area contributed by atoms with Crippen molar-refractivity contribution in [1.82, 2.24) is 0 Å². The average molecular weight is 245 g/mol. The van der Waals surface area contributed by atoms with Crippen molar-refractivity contribution in [2.45, 2.75) is 46.5 Å². The molecule has 0 unspecified atom stereocenters. The molecule has 98 valence electrons. The molecule has 2 nitrogen and oxygen atoms in total. The van der Waals surface area contributed by atoms with Crippen molar-refractivity contribution in [2.75, 3.05) is 11.9 Å². The van der Waals surface area contributed by atoms with Gasteiger partial charge in [0.15, 0.2) is 5.78 Å². The largest absolute Gasteiger partial charge is 0.385 e. The fraction of sp³-hybridized carbons (Fsp3) is 0.562. The molecule has 0 fully saturated rings. The van der Waals surface area contributed by atoms with Gasteiger partial charge in [-0.1, -0.05) is 32.9 Å². The Balaban J connectivity index is 2.15. The maximum Gasteiger partial charge on any atom is 0.163 e. The molecule has 0 amide bonds. The summed E-state index contributed by atoms with van der Waals surface area (Å²) in [5.41, 5.74) is 3.54. The zero-order chi connectivity index (χ0) is 13.2. The Kier molecular flexibility index (Phi) is 3.74. The number of benzene rings is 1. The lowest BCUT2D eigenvalue weighted by Gasteiger charge is -2.21. The van der Waals surface area contributed by atoms with Crippen LogP contribution in [0.1, 0.15) is 56.0 Å². The van der Waals surface area contributed by atoms with Crippen LogP contribution in [-0.4, -0.2) is 12.3 Å². The number of anilines is 1. The third-order valence-corrected chi connectivity index (χ3v) is 3.50.